The molecule has 1 fully saturated rings. The van der Waals surface area contributed by atoms with Crippen LogP contribution in [0.15, 0.2) is 24.3 Å². The van der Waals surface area contributed by atoms with E-state index in [0.717, 1.165) is 25.9 Å². The number of carbonyl (C=O) groups is 2. The van der Waals surface area contributed by atoms with E-state index in [0.29, 0.717) is 23.7 Å². The molecule has 5 heteroatoms. The average molecular weight is 275 g/mol. The molecule has 1 aromatic rings. The van der Waals surface area contributed by atoms with Crippen LogP contribution >= 0.6 is 0 Å². The van der Waals surface area contributed by atoms with Gasteiger partial charge in [-0.15, -0.1) is 0 Å². The molecule has 108 valence electrons. The van der Waals surface area contributed by atoms with Gasteiger partial charge in [-0.1, -0.05) is 6.07 Å². The van der Waals surface area contributed by atoms with E-state index >= 15 is 0 Å². The second-order valence-electron chi connectivity index (χ2n) is 5.30. The summed E-state index contributed by atoms with van der Waals surface area (Å²) in [5.74, 6) is 0.502. The van der Waals surface area contributed by atoms with Crippen LogP contribution < -0.4 is 11.1 Å². The molecular formula is C15H21N3O2. The number of amides is 2. The highest BCUT2D eigenvalue weighted by Crippen LogP contribution is 2.19. The first-order valence-corrected chi connectivity index (χ1v) is 6.95. The molecule has 2 rings (SSSR count). The first kappa shape index (κ1) is 14.4. The summed E-state index contributed by atoms with van der Waals surface area (Å²) in [5, 5.41) is 2.84. The molecule has 3 N–H and O–H groups in total. The number of likely N-dealkylation sites (tertiary alicyclic amines) is 1. The van der Waals surface area contributed by atoms with Gasteiger partial charge in [-0.05, 0) is 37.0 Å². The second kappa shape index (κ2) is 6.41. The second-order valence-corrected chi connectivity index (χ2v) is 5.30. The monoisotopic (exact) mass is 275 g/mol. The van der Waals surface area contributed by atoms with Crippen molar-refractivity contribution in [1.29, 1.82) is 0 Å². The van der Waals surface area contributed by atoms with Crippen molar-refractivity contribution in [2.24, 2.45) is 5.92 Å². The molecule has 0 unspecified atom stereocenters. The van der Waals surface area contributed by atoms with Gasteiger partial charge in [-0.2, -0.15) is 0 Å². The third kappa shape index (κ3) is 3.73. The number of benzene rings is 1. The lowest BCUT2D eigenvalue weighted by Crippen LogP contribution is -2.41. The highest BCUT2D eigenvalue weighted by molar-refractivity contribution is 5.95. The standard InChI is InChI=1S/C15H21N3O2/c1-11(19)17-10-12-5-7-18(8-6-12)15(20)13-3-2-4-14(16)9-13/h2-4,9,12H,5-8,10,16H2,1H3,(H,17,19). The Morgan fingerprint density at radius 1 is 1.35 bits per heavy atom. The summed E-state index contributed by atoms with van der Waals surface area (Å²) in [5.41, 5.74) is 6.96. The van der Waals surface area contributed by atoms with Crippen LogP contribution in [-0.4, -0.2) is 36.3 Å². The van der Waals surface area contributed by atoms with Gasteiger partial charge in [0, 0.05) is 37.8 Å². The maximum Gasteiger partial charge on any atom is 0.253 e. The molecule has 5 nitrogen and oxygen atoms in total. The summed E-state index contributed by atoms with van der Waals surface area (Å²) < 4.78 is 0. The van der Waals surface area contributed by atoms with E-state index in [1.165, 1.54) is 6.92 Å². The van der Waals surface area contributed by atoms with Crippen molar-refractivity contribution < 1.29 is 9.59 Å². The molecule has 1 aromatic carbocycles. The van der Waals surface area contributed by atoms with Gasteiger partial charge in [-0.25, -0.2) is 0 Å². The number of rotatable bonds is 3. The lowest BCUT2D eigenvalue weighted by molar-refractivity contribution is -0.119. The Labute approximate surface area is 119 Å². The van der Waals surface area contributed by atoms with Crippen LogP contribution in [0, 0.1) is 5.92 Å². The van der Waals surface area contributed by atoms with Gasteiger partial charge in [0.25, 0.3) is 5.91 Å². The van der Waals surface area contributed by atoms with Crippen molar-refractivity contribution in [2.75, 3.05) is 25.4 Å². The van der Waals surface area contributed by atoms with Crippen molar-refractivity contribution >= 4 is 17.5 Å². The Morgan fingerprint density at radius 2 is 2.05 bits per heavy atom. The highest BCUT2D eigenvalue weighted by Gasteiger charge is 2.23. The number of hydrogen-bond donors (Lipinski definition) is 2. The molecule has 0 atom stereocenters. The number of anilines is 1. The smallest absolute Gasteiger partial charge is 0.253 e. The van der Waals surface area contributed by atoms with Crippen LogP contribution in [0.2, 0.25) is 0 Å². The molecule has 0 saturated carbocycles. The number of nitrogens with zero attached hydrogens (tertiary/aromatic N) is 1. The van der Waals surface area contributed by atoms with Crippen molar-refractivity contribution in [3.63, 3.8) is 0 Å². The predicted molar refractivity (Wildman–Crippen MR) is 78.2 cm³/mol. The van der Waals surface area contributed by atoms with Gasteiger partial charge >= 0.3 is 0 Å². The topological polar surface area (TPSA) is 75.4 Å². The lowest BCUT2D eigenvalue weighted by Gasteiger charge is -2.32. The minimum Gasteiger partial charge on any atom is -0.399 e. The van der Waals surface area contributed by atoms with Crippen LogP contribution in [0.1, 0.15) is 30.1 Å². The third-order valence-electron chi connectivity index (χ3n) is 3.68. The molecule has 1 aliphatic heterocycles. The fraction of sp³-hybridized carbons (Fsp3) is 0.467. The van der Waals surface area contributed by atoms with Gasteiger partial charge in [0.15, 0.2) is 0 Å². The zero-order chi connectivity index (χ0) is 14.5. The minimum absolute atomic E-state index is 0.00302. The zero-order valence-corrected chi connectivity index (χ0v) is 11.8. The van der Waals surface area contributed by atoms with E-state index < -0.39 is 0 Å². The van der Waals surface area contributed by atoms with Crippen molar-refractivity contribution in [3.8, 4) is 0 Å². The molecule has 0 aromatic heterocycles. The Balaban J connectivity index is 1.87. The average Bonchev–Trinajstić information content (AvgIpc) is 2.45. The molecule has 0 spiro atoms. The number of hydrogen-bond acceptors (Lipinski definition) is 3. The van der Waals surface area contributed by atoms with E-state index in [4.69, 9.17) is 5.73 Å². The summed E-state index contributed by atoms with van der Waals surface area (Å²) in [6.45, 7) is 3.70. The van der Waals surface area contributed by atoms with Crippen LogP contribution in [-0.2, 0) is 4.79 Å². The van der Waals surface area contributed by atoms with Crippen molar-refractivity contribution in [3.05, 3.63) is 29.8 Å². The molecule has 1 saturated heterocycles. The highest BCUT2D eigenvalue weighted by atomic mass is 16.2. The van der Waals surface area contributed by atoms with Gasteiger partial charge in [-0.3, -0.25) is 9.59 Å². The SMILES string of the molecule is CC(=O)NCC1CCN(C(=O)c2cccc(N)c2)CC1. The Morgan fingerprint density at radius 3 is 2.65 bits per heavy atom. The third-order valence-corrected chi connectivity index (χ3v) is 3.68. The minimum atomic E-state index is 0.00302. The zero-order valence-electron chi connectivity index (χ0n) is 11.8. The fourth-order valence-corrected chi connectivity index (χ4v) is 2.48. The van der Waals surface area contributed by atoms with E-state index in [1.54, 1.807) is 24.3 Å². The molecule has 1 aliphatic rings. The molecule has 20 heavy (non-hydrogen) atoms. The van der Waals surface area contributed by atoms with Crippen molar-refractivity contribution in [1.82, 2.24) is 10.2 Å². The number of nitrogen functional groups attached to an aromatic ring is 1. The molecule has 1 heterocycles. The van der Waals surface area contributed by atoms with Crippen LogP contribution in [0.4, 0.5) is 5.69 Å². The predicted octanol–water partition coefficient (Wildman–Crippen LogP) is 1.26. The van der Waals surface area contributed by atoms with Crippen LogP contribution in [0.3, 0.4) is 0 Å². The summed E-state index contributed by atoms with van der Waals surface area (Å²) >= 11 is 0. The van der Waals surface area contributed by atoms with Gasteiger partial charge < -0.3 is 16.0 Å². The van der Waals surface area contributed by atoms with E-state index in [1.807, 2.05) is 4.90 Å². The fourth-order valence-electron chi connectivity index (χ4n) is 2.48. The number of nitrogens with one attached hydrogen (secondary N) is 1. The largest absolute Gasteiger partial charge is 0.399 e. The maximum atomic E-state index is 12.3. The Bertz CT molecular complexity index is 494. The molecular weight excluding hydrogens is 254 g/mol. The number of carbonyl (C=O) groups excluding carboxylic acids is 2. The van der Waals surface area contributed by atoms with E-state index in [-0.39, 0.29) is 11.8 Å². The van der Waals surface area contributed by atoms with Crippen molar-refractivity contribution in [2.45, 2.75) is 19.8 Å². The van der Waals surface area contributed by atoms with Crippen LogP contribution in [0.25, 0.3) is 0 Å². The normalized spacial score (nSPS) is 15.9. The van der Waals surface area contributed by atoms with Gasteiger partial charge in [0.1, 0.15) is 0 Å². The maximum absolute atomic E-state index is 12.3. The first-order valence-electron chi connectivity index (χ1n) is 6.95. The van der Waals surface area contributed by atoms with Gasteiger partial charge in [0.05, 0.1) is 0 Å². The first-order chi connectivity index (χ1) is 9.56. The lowest BCUT2D eigenvalue weighted by atomic mass is 9.96. The molecule has 0 bridgehead atoms. The summed E-state index contributed by atoms with van der Waals surface area (Å²) in [4.78, 5) is 25.1. The van der Waals surface area contributed by atoms with E-state index in [9.17, 15) is 9.59 Å². The number of piperidine rings is 1. The van der Waals surface area contributed by atoms with Crippen LogP contribution in [0.5, 0.6) is 0 Å². The molecule has 0 aliphatic carbocycles. The summed E-state index contributed by atoms with van der Waals surface area (Å²) in [7, 11) is 0. The number of nitrogens with two attached hydrogens (primary N) is 1. The summed E-state index contributed by atoms with van der Waals surface area (Å²) in [6.07, 6.45) is 1.85. The summed E-state index contributed by atoms with van der Waals surface area (Å²) in [6, 6.07) is 7.08. The van der Waals surface area contributed by atoms with E-state index in [2.05, 4.69) is 5.32 Å². The quantitative estimate of drug-likeness (QED) is 0.815. The van der Waals surface area contributed by atoms with Gasteiger partial charge in [0.2, 0.25) is 5.91 Å². The molecule has 0 radical (unpaired) electrons. The molecule has 2 amide bonds. The Kier molecular flexibility index (Phi) is 4.61. The Hall–Kier alpha value is -2.04.